The lowest BCUT2D eigenvalue weighted by Gasteiger charge is -2.26. The quantitative estimate of drug-likeness (QED) is 0.924. The standard InChI is InChI=1S/C14H22N2O2S/c1-10(2)11-9-16(7-4-6-15-11)14(17)13-12(18-3)5-8-19-13/h5,8,10-11,15H,4,6-7,9H2,1-3H3. The van der Waals surface area contributed by atoms with Crippen molar-refractivity contribution in [2.45, 2.75) is 26.3 Å². The molecule has 19 heavy (non-hydrogen) atoms. The van der Waals surface area contributed by atoms with Gasteiger partial charge in [0.1, 0.15) is 10.6 Å². The highest BCUT2D eigenvalue weighted by atomic mass is 32.1. The molecule has 2 heterocycles. The number of rotatable bonds is 3. The van der Waals surface area contributed by atoms with Crippen LogP contribution in [0.3, 0.4) is 0 Å². The van der Waals surface area contributed by atoms with E-state index in [2.05, 4.69) is 19.2 Å². The first-order valence-electron chi connectivity index (χ1n) is 6.77. The molecule has 1 N–H and O–H groups in total. The largest absolute Gasteiger partial charge is 0.495 e. The second-order valence-corrected chi connectivity index (χ2v) is 6.14. The van der Waals surface area contributed by atoms with Crippen LogP contribution in [0.25, 0.3) is 0 Å². The van der Waals surface area contributed by atoms with Crippen LogP contribution < -0.4 is 10.1 Å². The fourth-order valence-corrected chi connectivity index (χ4v) is 3.16. The molecule has 0 radical (unpaired) electrons. The van der Waals surface area contributed by atoms with E-state index in [1.165, 1.54) is 11.3 Å². The highest BCUT2D eigenvalue weighted by Crippen LogP contribution is 2.26. The molecule has 1 aromatic heterocycles. The molecule has 1 amide bonds. The van der Waals surface area contributed by atoms with Gasteiger partial charge in [-0.1, -0.05) is 13.8 Å². The van der Waals surface area contributed by atoms with Crippen LogP contribution in [0.4, 0.5) is 0 Å². The molecular formula is C14H22N2O2S. The molecule has 5 heteroatoms. The summed E-state index contributed by atoms with van der Waals surface area (Å²) in [6.45, 7) is 6.95. The minimum absolute atomic E-state index is 0.0983. The van der Waals surface area contributed by atoms with Crippen molar-refractivity contribution in [3.63, 3.8) is 0 Å². The van der Waals surface area contributed by atoms with Crippen LogP contribution in [0.2, 0.25) is 0 Å². The topological polar surface area (TPSA) is 41.6 Å². The van der Waals surface area contributed by atoms with E-state index in [1.807, 2.05) is 16.3 Å². The van der Waals surface area contributed by atoms with Crippen molar-refractivity contribution in [1.29, 1.82) is 0 Å². The Hall–Kier alpha value is -1.07. The molecule has 0 aromatic carbocycles. The smallest absolute Gasteiger partial charge is 0.267 e. The molecule has 1 fully saturated rings. The number of carbonyl (C=O) groups excluding carboxylic acids is 1. The van der Waals surface area contributed by atoms with Crippen LogP contribution in [-0.4, -0.2) is 43.6 Å². The predicted octanol–water partition coefficient (Wildman–Crippen LogP) is 2.22. The average Bonchev–Trinajstić information content (AvgIpc) is 2.73. The van der Waals surface area contributed by atoms with Gasteiger partial charge in [-0.15, -0.1) is 11.3 Å². The van der Waals surface area contributed by atoms with E-state index in [9.17, 15) is 4.79 Å². The first-order chi connectivity index (χ1) is 9.13. The minimum atomic E-state index is 0.0983. The zero-order valence-electron chi connectivity index (χ0n) is 11.8. The summed E-state index contributed by atoms with van der Waals surface area (Å²) in [6, 6.07) is 2.23. The van der Waals surface area contributed by atoms with Gasteiger partial charge in [-0.25, -0.2) is 0 Å². The van der Waals surface area contributed by atoms with Gasteiger partial charge in [0, 0.05) is 19.1 Å². The Kier molecular flexibility index (Phi) is 4.82. The first-order valence-corrected chi connectivity index (χ1v) is 7.65. The molecular weight excluding hydrogens is 260 g/mol. The molecule has 1 saturated heterocycles. The molecule has 106 valence electrons. The van der Waals surface area contributed by atoms with Crippen LogP contribution in [-0.2, 0) is 0 Å². The SMILES string of the molecule is COc1ccsc1C(=O)N1CCCNC(C(C)C)C1. The average molecular weight is 282 g/mol. The maximum Gasteiger partial charge on any atom is 0.267 e. The van der Waals surface area contributed by atoms with E-state index in [-0.39, 0.29) is 5.91 Å². The van der Waals surface area contributed by atoms with Crippen LogP contribution >= 0.6 is 11.3 Å². The number of amides is 1. The van der Waals surface area contributed by atoms with E-state index in [1.54, 1.807) is 7.11 Å². The second kappa shape index (κ2) is 6.39. The van der Waals surface area contributed by atoms with Crippen LogP contribution in [0.5, 0.6) is 5.75 Å². The minimum Gasteiger partial charge on any atom is -0.495 e. The number of nitrogens with one attached hydrogen (secondary N) is 1. The predicted molar refractivity (Wildman–Crippen MR) is 78.0 cm³/mol. The highest BCUT2D eigenvalue weighted by molar-refractivity contribution is 7.12. The van der Waals surface area contributed by atoms with E-state index in [0.29, 0.717) is 22.6 Å². The number of thiophene rings is 1. The molecule has 1 aliphatic rings. The van der Waals surface area contributed by atoms with Crippen molar-refractivity contribution >= 4 is 17.2 Å². The third-order valence-corrected chi connectivity index (χ3v) is 4.45. The lowest BCUT2D eigenvalue weighted by molar-refractivity contribution is 0.0747. The van der Waals surface area contributed by atoms with Crippen LogP contribution in [0.15, 0.2) is 11.4 Å². The summed E-state index contributed by atoms with van der Waals surface area (Å²) in [5.41, 5.74) is 0. The van der Waals surface area contributed by atoms with Crippen molar-refractivity contribution in [3.8, 4) is 5.75 Å². The van der Waals surface area contributed by atoms with Gasteiger partial charge in [-0.3, -0.25) is 4.79 Å². The second-order valence-electron chi connectivity index (χ2n) is 5.23. The van der Waals surface area contributed by atoms with Gasteiger partial charge >= 0.3 is 0 Å². The molecule has 0 saturated carbocycles. The zero-order chi connectivity index (χ0) is 13.8. The van der Waals surface area contributed by atoms with Crippen molar-refractivity contribution in [3.05, 3.63) is 16.3 Å². The third-order valence-electron chi connectivity index (χ3n) is 3.56. The molecule has 0 bridgehead atoms. The summed E-state index contributed by atoms with van der Waals surface area (Å²) >= 11 is 1.46. The van der Waals surface area contributed by atoms with Gasteiger partial charge in [-0.05, 0) is 30.3 Å². The zero-order valence-corrected chi connectivity index (χ0v) is 12.6. The van der Waals surface area contributed by atoms with Gasteiger partial charge in [0.2, 0.25) is 0 Å². The number of hydrogen-bond donors (Lipinski definition) is 1. The molecule has 4 nitrogen and oxygen atoms in total. The van der Waals surface area contributed by atoms with Crippen molar-refractivity contribution in [2.75, 3.05) is 26.7 Å². The monoisotopic (exact) mass is 282 g/mol. The van der Waals surface area contributed by atoms with Crippen molar-refractivity contribution < 1.29 is 9.53 Å². The van der Waals surface area contributed by atoms with Gasteiger partial charge in [0.05, 0.1) is 7.11 Å². The Morgan fingerprint density at radius 1 is 1.58 bits per heavy atom. The summed E-state index contributed by atoms with van der Waals surface area (Å²) < 4.78 is 5.25. The van der Waals surface area contributed by atoms with Gasteiger partial charge < -0.3 is 15.0 Å². The van der Waals surface area contributed by atoms with Crippen molar-refractivity contribution in [2.24, 2.45) is 5.92 Å². The summed E-state index contributed by atoms with van der Waals surface area (Å²) in [7, 11) is 1.61. The molecule has 2 rings (SSSR count). The normalized spacial score (nSPS) is 20.4. The number of nitrogens with zero attached hydrogens (tertiary/aromatic N) is 1. The summed E-state index contributed by atoms with van der Waals surface area (Å²) in [4.78, 5) is 15.3. The van der Waals surface area contributed by atoms with Crippen LogP contribution in [0, 0.1) is 5.92 Å². The Balaban J connectivity index is 2.13. The van der Waals surface area contributed by atoms with E-state index in [0.717, 1.165) is 26.1 Å². The summed E-state index contributed by atoms with van der Waals surface area (Å²) in [5, 5.41) is 5.42. The first kappa shape index (κ1) is 14.3. The number of ether oxygens (including phenoxy) is 1. The lowest BCUT2D eigenvalue weighted by atomic mass is 10.0. The van der Waals surface area contributed by atoms with Gasteiger partial charge in [0.25, 0.3) is 5.91 Å². The highest BCUT2D eigenvalue weighted by Gasteiger charge is 2.26. The fraction of sp³-hybridized carbons (Fsp3) is 0.643. The summed E-state index contributed by atoms with van der Waals surface area (Å²) in [5.74, 6) is 1.31. The van der Waals surface area contributed by atoms with Crippen molar-refractivity contribution in [1.82, 2.24) is 10.2 Å². The van der Waals surface area contributed by atoms with Gasteiger partial charge in [0.15, 0.2) is 0 Å². The van der Waals surface area contributed by atoms with E-state index in [4.69, 9.17) is 4.74 Å². The number of hydrogen-bond acceptors (Lipinski definition) is 4. The third kappa shape index (κ3) is 3.28. The Morgan fingerprint density at radius 2 is 2.37 bits per heavy atom. The van der Waals surface area contributed by atoms with E-state index >= 15 is 0 Å². The van der Waals surface area contributed by atoms with E-state index < -0.39 is 0 Å². The Bertz CT molecular complexity index is 431. The van der Waals surface area contributed by atoms with Gasteiger partial charge in [-0.2, -0.15) is 0 Å². The fourth-order valence-electron chi connectivity index (χ4n) is 2.34. The maximum absolute atomic E-state index is 12.6. The molecule has 0 spiro atoms. The lowest BCUT2D eigenvalue weighted by Crippen LogP contribution is -2.43. The molecule has 0 aliphatic carbocycles. The Labute approximate surface area is 118 Å². The maximum atomic E-state index is 12.6. The molecule has 1 aromatic rings. The Morgan fingerprint density at radius 3 is 3.05 bits per heavy atom. The number of carbonyl (C=O) groups is 1. The number of methoxy groups -OCH3 is 1. The molecule has 1 aliphatic heterocycles. The molecule has 1 atom stereocenters. The molecule has 1 unspecified atom stereocenters. The van der Waals surface area contributed by atoms with Crippen LogP contribution in [0.1, 0.15) is 29.9 Å². The summed E-state index contributed by atoms with van der Waals surface area (Å²) in [6.07, 6.45) is 1.00.